The minimum Gasteiger partial charge on any atom is -0.489 e. The Labute approximate surface area is 244 Å². The number of hydrogen-bond acceptors (Lipinski definition) is 6. The highest BCUT2D eigenvalue weighted by Crippen LogP contribution is 2.27. The molecule has 5 rings (SSSR count). The minimum atomic E-state index is -0.815. The van der Waals surface area contributed by atoms with Crippen LogP contribution in [0.4, 0.5) is 0 Å². The minimum absolute atomic E-state index is 0.331. The average molecular weight is 559 g/mol. The third-order valence-corrected chi connectivity index (χ3v) is 6.51. The molecule has 5 aromatic carbocycles. The number of carbonyl (C=O) groups excluding carboxylic acids is 2. The number of ether oxygens (including phenoxy) is 3. The van der Waals surface area contributed by atoms with Crippen LogP contribution in [0.1, 0.15) is 34.0 Å². The second kappa shape index (κ2) is 13.3. The molecule has 5 aromatic rings. The zero-order valence-electron chi connectivity index (χ0n) is 23.3. The highest BCUT2D eigenvalue weighted by atomic mass is 16.5. The van der Waals surface area contributed by atoms with Gasteiger partial charge in [0.25, 0.3) is 5.91 Å². The monoisotopic (exact) mass is 558 g/mol. The number of nitrogens with zero attached hydrogens (tertiary/aromatic N) is 1. The van der Waals surface area contributed by atoms with E-state index in [9.17, 15) is 9.59 Å². The number of aryl methyl sites for hydroxylation is 1. The number of nitrogens with one attached hydrogen (secondary N) is 1. The summed E-state index contributed by atoms with van der Waals surface area (Å²) in [6.45, 7) is 4.01. The third-order valence-electron chi connectivity index (χ3n) is 6.51. The largest absolute Gasteiger partial charge is 0.489 e. The van der Waals surface area contributed by atoms with Crippen molar-refractivity contribution in [3.8, 4) is 17.2 Å². The van der Waals surface area contributed by atoms with E-state index in [1.54, 1.807) is 49.4 Å². The lowest BCUT2D eigenvalue weighted by molar-refractivity contribution is -0.127. The van der Waals surface area contributed by atoms with Gasteiger partial charge in [0.15, 0.2) is 6.10 Å². The van der Waals surface area contributed by atoms with Crippen molar-refractivity contribution in [1.29, 1.82) is 0 Å². The van der Waals surface area contributed by atoms with Crippen molar-refractivity contribution in [2.75, 3.05) is 0 Å². The molecule has 0 unspecified atom stereocenters. The van der Waals surface area contributed by atoms with E-state index in [2.05, 4.69) is 10.5 Å². The molecule has 7 nitrogen and oxygen atoms in total. The van der Waals surface area contributed by atoms with Crippen molar-refractivity contribution in [3.63, 3.8) is 0 Å². The first-order valence-corrected chi connectivity index (χ1v) is 13.5. The lowest BCUT2D eigenvalue weighted by Crippen LogP contribution is -2.33. The van der Waals surface area contributed by atoms with Crippen molar-refractivity contribution >= 4 is 28.9 Å². The molecule has 0 bridgehead atoms. The summed E-state index contributed by atoms with van der Waals surface area (Å²) in [6, 6.07) is 35.4. The maximum absolute atomic E-state index is 12.9. The van der Waals surface area contributed by atoms with Gasteiger partial charge in [-0.05, 0) is 72.6 Å². The van der Waals surface area contributed by atoms with Crippen LogP contribution in [0.5, 0.6) is 17.2 Å². The lowest BCUT2D eigenvalue weighted by atomic mass is 10.0. The van der Waals surface area contributed by atoms with Crippen LogP contribution in [-0.2, 0) is 11.4 Å². The molecule has 42 heavy (non-hydrogen) atoms. The summed E-state index contributed by atoms with van der Waals surface area (Å²) < 4.78 is 17.3. The molecular formula is C35H30N2O5. The van der Waals surface area contributed by atoms with E-state index in [0.29, 0.717) is 35.0 Å². The Kier molecular flexibility index (Phi) is 8.89. The topological polar surface area (TPSA) is 86.2 Å². The van der Waals surface area contributed by atoms with Gasteiger partial charge >= 0.3 is 5.97 Å². The van der Waals surface area contributed by atoms with Crippen LogP contribution >= 0.6 is 0 Å². The second-order valence-corrected chi connectivity index (χ2v) is 9.70. The summed E-state index contributed by atoms with van der Waals surface area (Å²) >= 11 is 0. The predicted octanol–water partition coefficient (Wildman–Crippen LogP) is 6.86. The van der Waals surface area contributed by atoms with Crippen molar-refractivity contribution < 1.29 is 23.8 Å². The first kappa shape index (κ1) is 28.1. The Hall–Kier alpha value is -5.43. The third kappa shape index (κ3) is 7.20. The SMILES string of the molecule is Cc1cccc(C(=O)Oc2ccc3ccccc3c2/C=N\NC(=O)[C@@H](C)Oc2ccc(OCc3ccccc3)cc2)c1. The molecule has 0 aliphatic carbocycles. The normalized spacial score (nSPS) is 11.7. The van der Waals surface area contributed by atoms with Crippen LogP contribution in [0.15, 0.2) is 120 Å². The number of hydrazone groups is 1. The van der Waals surface area contributed by atoms with Gasteiger partial charge in [-0.15, -0.1) is 0 Å². The molecule has 1 N–H and O–H groups in total. The number of benzene rings is 5. The van der Waals surface area contributed by atoms with Gasteiger partial charge in [0.2, 0.25) is 0 Å². The van der Waals surface area contributed by atoms with Crippen molar-refractivity contribution in [1.82, 2.24) is 5.43 Å². The standard InChI is InChI=1S/C35H30N2O5/c1-24-9-8-13-28(21-24)35(39)42-33-20-15-27-12-6-7-14-31(27)32(33)22-36-37-34(38)25(2)41-30-18-16-29(17-19-30)40-23-26-10-4-3-5-11-26/h3-22,25H,23H2,1-2H3,(H,37,38)/b36-22-/t25-/m1/s1. The van der Waals surface area contributed by atoms with Crippen LogP contribution in [0.3, 0.4) is 0 Å². The fourth-order valence-electron chi connectivity index (χ4n) is 4.29. The van der Waals surface area contributed by atoms with Gasteiger partial charge in [0.1, 0.15) is 23.9 Å². The second-order valence-electron chi connectivity index (χ2n) is 9.70. The van der Waals surface area contributed by atoms with Crippen LogP contribution in [0, 0.1) is 6.92 Å². The van der Waals surface area contributed by atoms with E-state index in [4.69, 9.17) is 14.2 Å². The lowest BCUT2D eigenvalue weighted by Gasteiger charge is -2.14. The molecule has 0 fully saturated rings. The maximum Gasteiger partial charge on any atom is 0.343 e. The maximum atomic E-state index is 12.9. The highest BCUT2D eigenvalue weighted by Gasteiger charge is 2.16. The summed E-state index contributed by atoms with van der Waals surface area (Å²) in [4.78, 5) is 25.6. The van der Waals surface area contributed by atoms with Gasteiger partial charge in [-0.25, -0.2) is 10.2 Å². The van der Waals surface area contributed by atoms with E-state index in [0.717, 1.165) is 21.9 Å². The number of hydrogen-bond donors (Lipinski definition) is 1. The molecule has 0 radical (unpaired) electrons. The van der Waals surface area contributed by atoms with E-state index in [1.165, 1.54) is 6.21 Å². The Bertz CT molecular complexity index is 1720. The number of fused-ring (bicyclic) bond motifs is 1. The predicted molar refractivity (Wildman–Crippen MR) is 163 cm³/mol. The Morgan fingerprint density at radius 3 is 2.36 bits per heavy atom. The molecule has 0 heterocycles. The molecule has 0 spiro atoms. The first-order chi connectivity index (χ1) is 20.5. The smallest absolute Gasteiger partial charge is 0.343 e. The van der Waals surface area contributed by atoms with Crippen LogP contribution in [-0.4, -0.2) is 24.2 Å². The number of rotatable bonds is 10. The van der Waals surface area contributed by atoms with Crippen molar-refractivity contribution in [3.05, 3.63) is 138 Å². The molecule has 7 heteroatoms. The Morgan fingerprint density at radius 1 is 0.833 bits per heavy atom. The quantitative estimate of drug-likeness (QED) is 0.0876. The summed E-state index contributed by atoms with van der Waals surface area (Å²) in [7, 11) is 0. The number of amides is 1. The van der Waals surface area contributed by atoms with E-state index < -0.39 is 18.0 Å². The van der Waals surface area contributed by atoms with Crippen LogP contribution in [0.25, 0.3) is 10.8 Å². The molecular weight excluding hydrogens is 528 g/mol. The van der Waals surface area contributed by atoms with Crippen LogP contribution < -0.4 is 19.6 Å². The van der Waals surface area contributed by atoms with E-state index in [-0.39, 0.29) is 0 Å². The number of carbonyl (C=O) groups is 2. The molecule has 1 atom stereocenters. The molecule has 0 saturated heterocycles. The van der Waals surface area contributed by atoms with Crippen LogP contribution in [0.2, 0.25) is 0 Å². The first-order valence-electron chi connectivity index (χ1n) is 13.5. The Balaban J connectivity index is 1.23. The Morgan fingerprint density at radius 2 is 1.57 bits per heavy atom. The highest BCUT2D eigenvalue weighted by molar-refractivity contribution is 6.04. The van der Waals surface area contributed by atoms with Gasteiger partial charge in [-0.2, -0.15) is 5.10 Å². The summed E-state index contributed by atoms with van der Waals surface area (Å²) in [5.41, 5.74) is 5.56. The van der Waals surface area contributed by atoms with Gasteiger partial charge < -0.3 is 14.2 Å². The zero-order chi connectivity index (χ0) is 29.3. The molecule has 0 saturated carbocycles. The molecule has 0 aromatic heterocycles. The van der Waals surface area contributed by atoms with Gasteiger partial charge in [0, 0.05) is 5.56 Å². The zero-order valence-corrected chi connectivity index (χ0v) is 23.3. The van der Waals surface area contributed by atoms with E-state index in [1.807, 2.05) is 79.7 Å². The van der Waals surface area contributed by atoms with Gasteiger partial charge in [-0.1, -0.05) is 78.4 Å². The molecule has 210 valence electrons. The average Bonchev–Trinajstić information content (AvgIpc) is 3.02. The summed E-state index contributed by atoms with van der Waals surface area (Å²) in [6.07, 6.45) is 0.661. The fraction of sp³-hybridized carbons (Fsp3) is 0.114. The fourth-order valence-corrected chi connectivity index (χ4v) is 4.29. The molecule has 1 amide bonds. The summed E-state index contributed by atoms with van der Waals surface area (Å²) in [5.74, 6) is 0.632. The van der Waals surface area contributed by atoms with Crippen molar-refractivity contribution in [2.45, 2.75) is 26.6 Å². The van der Waals surface area contributed by atoms with Gasteiger partial charge in [-0.3, -0.25) is 4.79 Å². The molecule has 0 aliphatic heterocycles. The molecule has 0 aliphatic rings. The van der Waals surface area contributed by atoms with Gasteiger partial charge in [0.05, 0.1) is 11.8 Å². The van der Waals surface area contributed by atoms with E-state index >= 15 is 0 Å². The van der Waals surface area contributed by atoms with Crippen molar-refractivity contribution in [2.24, 2.45) is 5.10 Å². The number of esters is 1. The summed E-state index contributed by atoms with van der Waals surface area (Å²) in [5, 5.41) is 5.92.